The summed E-state index contributed by atoms with van der Waals surface area (Å²) < 4.78 is 4.64. The molecule has 1 rings (SSSR count). The highest BCUT2D eigenvalue weighted by Gasteiger charge is 2.19. The zero-order valence-corrected chi connectivity index (χ0v) is 6.62. The van der Waals surface area contributed by atoms with Crippen molar-refractivity contribution in [2.24, 2.45) is 0 Å². The summed E-state index contributed by atoms with van der Waals surface area (Å²) in [6, 6.07) is 0. The van der Waals surface area contributed by atoms with Crippen molar-refractivity contribution in [3.05, 3.63) is 0 Å². The number of ether oxygens (including phenoxy) is 1. The zero-order valence-electron chi connectivity index (χ0n) is 6.62. The van der Waals surface area contributed by atoms with E-state index < -0.39 is 6.16 Å². The first-order valence-electron chi connectivity index (χ1n) is 3.76. The molecule has 1 saturated heterocycles. The van der Waals surface area contributed by atoms with E-state index in [0.717, 1.165) is 25.9 Å². The number of piperidine rings is 1. The van der Waals surface area contributed by atoms with Gasteiger partial charge in [0.2, 0.25) is 0 Å². The van der Waals surface area contributed by atoms with Crippen molar-refractivity contribution in [2.75, 3.05) is 20.1 Å². The van der Waals surface area contributed by atoms with Crippen LogP contribution in [0, 0.1) is 0 Å². The largest absolute Gasteiger partial charge is 0.506 e. The number of nitrogens with zero attached hydrogens (tertiary/aromatic N) is 1. The van der Waals surface area contributed by atoms with Gasteiger partial charge in [-0.2, -0.15) is 0 Å². The van der Waals surface area contributed by atoms with Crippen molar-refractivity contribution >= 4 is 6.16 Å². The number of hydrogen-bond donors (Lipinski definition) is 1. The van der Waals surface area contributed by atoms with E-state index in [0.29, 0.717) is 0 Å². The third-order valence-electron chi connectivity index (χ3n) is 1.85. The average molecular weight is 159 g/mol. The van der Waals surface area contributed by atoms with Crippen LogP contribution < -0.4 is 0 Å². The molecule has 4 heteroatoms. The number of carbonyl (C=O) groups is 1. The lowest BCUT2D eigenvalue weighted by molar-refractivity contribution is 0.0193. The lowest BCUT2D eigenvalue weighted by Crippen LogP contribution is -2.37. The van der Waals surface area contributed by atoms with Crippen molar-refractivity contribution in [1.82, 2.24) is 4.90 Å². The Balaban J connectivity index is 2.28. The minimum Gasteiger partial charge on any atom is -0.450 e. The second-order valence-electron chi connectivity index (χ2n) is 2.91. The van der Waals surface area contributed by atoms with Crippen LogP contribution in [0.4, 0.5) is 4.79 Å². The van der Waals surface area contributed by atoms with Crippen molar-refractivity contribution in [1.29, 1.82) is 0 Å². The molecule has 0 aromatic heterocycles. The van der Waals surface area contributed by atoms with Gasteiger partial charge in [0, 0.05) is 6.54 Å². The van der Waals surface area contributed by atoms with Gasteiger partial charge in [-0.3, -0.25) is 0 Å². The number of likely N-dealkylation sites (tertiary alicyclic amines) is 1. The molecular weight excluding hydrogens is 146 g/mol. The molecule has 1 N–H and O–H groups in total. The second kappa shape index (κ2) is 3.57. The Morgan fingerprint density at radius 3 is 3.00 bits per heavy atom. The Morgan fingerprint density at radius 2 is 2.45 bits per heavy atom. The Morgan fingerprint density at radius 1 is 1.73 bits per heavy atom. The molecule has 0 aliphatic carbocycles. The molecule has 1 atom stereocenters. The van der Waals surface area contributed by atoms with Gasteiger partial charge >= 0.3 is 6.16 Å². The first-order chi connectivity index (χ1) is 5.18. The maximum atomic E-state index is 10.1. The van der Waals surface area contributed by atoms with Gasteiger partial charge in [0.25, 0.3) is 0 Å². The molecular formula is C7H13NO3. The molecule has 0 aromatic rings. The molecule has 0 saturated carbocycles. The zero-order chi connectivity index (χ0) is 8.27. The third kappa shape index (κ3) is 2.76. The van der Waals surface area contributed by atoms with E-state index in [2.05, 4.69) is 9.64 Å². The number of carboxylic acid groups (broad SMARTS) is 1. The quantitative estimate of drug-likeness (QED) is 0.574. The summed E-state index contributed by atoms with van der Waals surface area (Å²) in [6.45, 7) is 1.77. The molecule has 1 unspecified atom stereocenters. The molecule has 0 aromatic carbocycles. The highest BCUT2D eigenvalue weighted by Crippen LogP contribution is 2.11. The third-order valence-corrected chi connectivity index (χ3v) is 1.85. The fourth-order valence-corrected chi connectivity index (χ4v) is 1.36. The fourth-order valence-electron chi connectivity index (χ4n) is 1.36. The molecule has 1 aliphatic rings. The van der Waals surface area contributed by atoms with Gasteiger partial charge in [-0.15, -0.1) is 0 Å². The van der Waals surface area contributed by atoms with Crippen LogP contribution in [0.2, 0.25) is 0 Å². The van der Waals surface area contributed by atoms with Gasteiger partial charge in [0.15, 0.2) is 0 Å². The van der Waals surface area contributed by atoms with Crippen LogP contribution in [0.15, 0.2) is 0 Å². The van der Waals surface area contributed by atoms with Gasteiger partial charge in [0.05, 0.1) is 0 Å². The van der Waals surface area contributed by atoms with Crippen molar-refractivity contribution < 1.29 is 14.6 Å². The van der Waals surface area contributed by atoms with Crippen LogP contribution in [0.3, 0.4) is 0 Å². The summed E-state index contributed by atoms with van der Waals surface area (Å²) in [5.41, 5.74) is 0. The van der Waals surface area contributed by atoms with E-state index in [9.17, 15) is 4.79 Å². The van der Waals surface area contributed by atoms with Gasteiger partial charge in [0.1, 0.15) is 6.10 Å². The summed E-state index contributed by atoms with van der Waals surface area (Å²) in [4.78, 5) is 12.2. The van der Waals surface area contributed by atoms with Crippen molar-refractivity contribution in [3.63, 3.8) is 0 Å². The molecule has 1 fully saturated rings. The molecule has 0 radical (unpaired) electrons. The molecule has 0 bridgehead atoms. The standard InChI is InChI=1S/C7H13NO3/c1-8-4-2-3-6(5-8)11-7(9)10/h6H,2-5H2,1H3,(H,9,10). The monoisotopic (exact) mass is 159 g/mol. The maximum absolute atomic E-state index is 10.1. The molecule has 0 amide bonds. The second-order valence-corrected chi connectivity index (χ2v) is 2.91. The molecule has 4 nitrogen and oxygen atoms in total. The molecule has 0 spiro atoms. The summed E-state index contributed by atoms with van der Waals surface area (Å²) >= 11 is 0. The summed E-state index contributed by atoms with van der Waals surface area (Å²) in [7, 11) is 1.97. The van der Waals surface area contributed by atoms with E-state index in [1.54, 1.807) is 0 Å². The van der Waals surface area contributed by atoms with E-state index in [1.807, 2.05) is 7.05 Å². The minimum absolute atomic E-state index is 0.119. The van der Waals surface area contributed by atoms with E-state index in [1.165, 1.54) is 0 Å². The van der Waals surface area contributed by atoms with Crippen LogP contribution in [0.1, 0.15) is 12.8 Å². The van der Waals surface area contributed by atoms with Crippen LogP contribution >= 0.6 is 0 Å². The van der Waals surface area contributed by atoms with Gasteiger partial charge < -0.3 is 14.7 Å². The Bertz CT molecular complexity index is 149. The average Bonchev–Trinajstić information content (AvgIpc) is 1.85. The number of likely N-dealkylation sites (N-methyl/N-ethyl adjacent to an activating group) is 1. The smallest absolute Gasteiger partial charge is 0.450 e. The topological polar surface area (TPSA) is 49.8 Å². The molecule has 1 aliphatic heterocycles. The lowest BCUT2D eigenvalue weighted by Gasteiger charge is -2.28. The Labute approximate surface area is 65.8 Å². The number of rotatable bonds is 1. The minimum atomic E-state index is -1.16. The first kappa shape index (κ1) is 8.33. The Hall–Kier alpha value is -0.770. The summed E-state index contributed by atoms with van der Waals surface area (Å²) in [6.07, 6.45) is 0.599. The Kier molecular flexibility index (Phi) is 2.70. The predicted molar refractivity (Wildman–Crippen MR) is 39.6 cm³/mol. The van der Waals surface area contributed by atoms with Gasteiger partial charge in [-0.1, -0.05) is 0 Å². The van der Waals surface area contributed by atoms with Crippen molar-refractivity contribution in [3.8, 4) is 0 Å². The predicted octanol–water partition coefficient (Wildman–Crippen LogP) is 0.775. The van der Waals surface area contributed by atoms with Gasteiger partial charge in [-0.05, 0) is 26.4 Å². The fraction of sp³-hybridized carbons (Fsp3) is 0.857. The highest BCUT2D eigenvalue weighted by atomic mass is 16.7. The van der Waals surface area contributed by atoms with E-state index in [-0.39, 0.29) is 6.10 Å². The molecule has 1 heterocycles. The SMILES string of the molecule is CN1CCCC(OC(=O)O)C1. The lowest BCUT2D eigenvalue weighted by atomic mass is 10.1. The normalized spacial score (nSPS) is 26.5. The van der Waals surface area contributed by atoms with Crippen LogP contribution in [-0.4, -0.2) is 42.4 Å². The number of hydrogen-bond acceptors (Lipinski definition) is 3. The van der Waals surface area contributed by atoms with Crippen molar-refractivity contribution in [2.45, 2.75) is 18.9 Å². The van der Waals surface area contributed by atoms with Crippen LogP contribution in [0.25, 0.3) is 0 Å². The highest BCUT2D eigenvalue weighted by molar-refractivity contribution is 5.57. The summed E-state index contributed by atoms with van der Waals surface area (Å²) in [5, 5.41) is 8.31. The van der Waals surface area contributed by atoms with E-state index in [4.69, 9.17) is 5.11 Å². The summed E-state index contributed by atoms with van der Waals surface area (Å²) in [5.74, 6) is 0. The maximum Gasteiger partial charge on any atom is 0.506 e. The molecule has 11 heavy (non-hydrogen) atoms. The van der Waals surface area contributed by atoms with E-state index >= 15 is 0 Å². The molecule has 64 valence electrons. The van der Waals surface area contributed by atoms with Crippen LogP contribution in [0.5, 0.6) is 0 Å². The first-order valence-corrected chi connectivity index (χ1v) is 3.76. The van der Waals surface area contributed by atoms with Crippen LogP contribution in [-0.2, 0) is 4.74 Å². The van der Waals surface area contributed by atoms with Gasteiger partial charge in [-0.25, -0.2) is 4.79 Å².